The highest BCUT2D eigenvalue weighted by Gasteiger charge is 2.03. The van der Waals surface area contributed by atoms with Crippen molar-refractivity contribution in [3.8, 4) is 0 Å². The molecular formula is C9H10ClNO. The Labute approximate surface area is 76.3 Å². The molecule has 1 rings (SSSR count). The van der Waals surface area contributed by atoms with E-state index in [1.165, 1.54) is 0 Å². The molecule has 3 heteroatoms. The van der Waals surface area contributed by atoms with Gasteiger partial charge in [-0.15, -0.1) is 0 Å². The highest BCUT2D eigenvalue weighted by atomic mass is 35.5. The maximum Gasteiger partial charge on any atom is 0.121 e. The average molecular weight is 184 g/mol. The molecule has 2 nitrogen and oxygen atoms in total. The van der Waals surface area contributed by atoms with E-state index in [2.05, 4.69) is 0 Å². The first-order valence-electron chi connectivity index (χ1n) is 3.68. The molecule has 0 aliphatic rings. The fourth-order valence-corrected chi connectivity index (χ4v) is 1.08. The number of nitrogens with two attached hydrogens (primary N) is 1. The molecule has 0 aliphatic carbocycles. The third-order valence-electron chi connectivity index (χ3n) is 1.65. The van der Waals surface area contributed by atoms with E-state index in [0.29, 0.717) is 11.4 Å². The van der Waals surface area contributed by atoms with E-state index < -0.39 is 0 Å². The number of aldehydes is 1. The average Bonchev–Trinajstić information content (AvgIpc) is 2.06. The minimum absolute atomic E-state index is 0.209. The minimum atomic E-state index is -0.209. The summed E-state index contributed by atoms with van der Waals surface area (Å²) < 4.78 is 0. The van der Waals surface area contributed by atoms with Gasteiger partial charge in [0.15, 0.2) is 0 Å². The first-order chi connectivity index (χ1) is 5.74. The van der Waals surface area contributed by atoms with Crippen LogP contribution < -0.4 is 5.73 Å². The lowest BCUT2D eigenvalue weighted by Gasteiger charge is -2.07. The van der Waals surface area contributed by atoms with Crippen molar-refractivity contribution >= 4 is 17.9 Å². The molecule has 0 aliphatic heterocycles. The maximum atomic E-state index is 10.1. The molecule has 1 aromatic carbocycles. The molecule has 2 N–H and O–H groups in total. The van der Waals surface area contributed by atoms with Crippen LogP contribution in [-0.4, -0.2) is 6.29 Å². The second-order valence-corrected chi connectivity index (χ2v) is 3.00. The quantitative estimate of drug-likeness (QED) is 0.728. The van der Waals surface area contributed by atoms with Crippen LogP contribution >= 0.6 is 11.6 Å². The molecular weight excluding hydrogens is 174 g/mol. The first kappa shape index (κ1) is 9.23. The molecule has 0 bridgehead atoms. The Balaban J connectivity index is 2.74. The van der Waals surface area contributed by atoms with Gasteiger partial charge in [-0.25, -0.2) is 0 Å². The predicted molar refractivity (Wildman–Crippen MR) is 49.1 cm³/mol. The number of hydrogen-bond donors (Lipinski definition) is 1. The molecule has 0 saturated carbocycles. The third kappa shape index (κ3) is 2.32. The van der Waals surface area contributed by atoms with Crippen molar-refractivity contribution in [2.45, 2.75) is 12.5 Å². The van der Waals surface area contributed by atoms with Gasteiger partial charge in [0.25, 0.3) is 0 Å². The highest BCUT2D eigenvalue weighted by molar-refractivity contribution is 6.30. The van der Waals surface area contributed by atoms with Crippen LogP contribution in [0.25, 0.3) is 0 Å². The van der Waals surface area contributed by atoms with Gasteiger partial charge in [0.1, 0.15) is 6.29 Å². The second kappa shape index (κ2) is 4.24. The number of carbonyl (C=O) groups is 1. The van der Waals surface area contributed by atoms with E-state index in [-0.39, 0.29) is 6.04 Å². The summed E-state index contributed by atoms with van der Waals surface area (Å²) in [5.41, 5.74) is 6.62. The zero-order valence-electron chi connectivity index (χ0n) is 6.53. The standard InChI is InChI=1S/C9H10ClNO/c10-8-3-1-7(2-4-8)9(11)5-6-12/h1-4,6,9H,5,11H2. The number of hydrogen-bond acceptors (Lipinski definition) is 2. The summed E-state index contributed by atoms with van der Waals surface area (Å²) in [7, 11) is 0. The monoisotopic (exact) mass is 183 g/mol. The van der Waals surface area contributed by atoms with Gasteiger partial charge in [-0.05, 0) is 17.7 Å². The van der Waals surface area contributed by atoms with Crippen molar-refractivity contribution in [3.63, 3.8) is 0 Å². The van der Waals surface area contributed by atoms with Gasteiger partial charge in [0.05, 0.1) is 0 Å². The Morgan fingerprint density at radius 2 is 2.00 bits per heavy atom. The molecule has 64 valence electrons. The topological polar surface area (TPSA) is 43.1 Å². The Bertz CT molecular complexity index is 258. The van der Waals surface area contributed by atoms with Crippen LogP contribution in [0.2, 0.25) is 5.02 Å². The number of halogens is 1. The number of rotatable bonds is 3. The lowest BCUT2D eigenvalue weighted by Crippen LogP contribution is -2.10. The fraction of sp³-hybridized carbons (Fsp3) is 0.222. The minimum Gasteiger partial charge on any atom is -0.324 e. The largest absolute Gasteiger partial charge is 0.324 e. The zero-order valence-corrected chi connectivity index (χ0v) is 7.29. The van der Waals surface area contributed by atoms with Crippen LogP contribution in [0, 0.1) is 0 Å². The van der Waals surface area contributed by atoms with Gasteiger partial charge < -0.3 is 10.5 Å². The van der Waals surface area contributed by atoms with Crippen molar-refractivity contribution in [1.29, 1.82) is 0 Å². The molecule has 1 atom stereocenters. The molecule has 1 unspecified atom stereocenters. The van der Waals surface area contributed by atoms with Crippen molar-refractivity contribution in [2.24, 2.45) is 5.73 Å². The van der Waals surface area contributed by atoms with E-state index in [4.69, 9.17) is 17.3 Å². The normalized spacial score (nSPS) is 12.5. The van der Waals surface area contributed by atoms with Gasteiger partial charge in [-0.1, -0.05) is 23.7 Å². The summed E-state index contributed by atoms with van der Waals surface area (Å²) in [6.07, 6.45) is 1.17. The Kier molecular flexibility index (Phi) is 3.26. The zero-order chi connectivity index (χ0) is 8.97. The smallest absolute Gasteiger partial charge is 0.121 e. The van der Waals surface area contributed by atoms with Crippen LogP contribution in [0.1, 0.15) is 18.0 Å². The Hall–Kier alpha value is -0.860. The van der Waals surface area contributed by atoms with E-state index in [9.17, 15) is 4.79 Å². The van der Waals surface area contributed by atoms with E-state index in [1.807, 2.05) is 12.1 Å². The van der Waals surface area contributed by atoms with Gasteiger partial charge in [-0.2, -0.15) is 0 Å². The lowest BCUT2D eigenvalue weighted by atomic mass is 10.1. The SMILES string of the molecule is NC(CC=O)c1ccc(Cl)cc1. The van der Waals surface area contributed by atoms with Crippen LogP contribution in [0.5, 0.6) is 0 Å². The fourth-order valence-electron chi connectivity index (χ4n) is 0.950. The van der Waals surface area contributed by atoms with Gasteiger partial charge >= 0.3 is 0 Å². The van der Waals surface area contributed by atoms with Crippen LogP contribution in [0.4, 0.5) is 0 Å². The highest BCUT2D eigenvalue weighted by Crippen LogP contribution is 2.15. The van der Waals surface area contributed by atoms with Crippen molar-refractivity contribution in [3.05, 3.63) is 34.9 Å². The molecule has 0 saturated heterocycles. The maximum absolute atomic E-state index is 10.1. The molecule has 0 amide bonds. The molecule has 12 heavy (non-hydrogen) atoms. The molecule has 0 fully saturated rings. The molecule has 0 spiro atoms. The Morgan fingerprint density at radius 3 is 2.50 bits per heavy atom. The number of carbonyl (C=O) groups excluding carboxylic acids is 1. The van der Waals surface area contributed by atoms with Gasteiger partial charge in [0, 0.05) is 17.5 Å². The summed E-state index contributed by atoms with van der Waals surface area (Å²) in [6, 6.07) is 6.98. The predicted octanol–water partition coefficient (Wildman–Crippen LogP) is 1.93. The second-order valence-electron chi connectivity index (χ2n) is 2.56. The summed E-state index contributed by atoms with van der Waals surface area (Å²) in [5, 5.41) is 0.678. The molecule has 0 radical (unpaired) electrons. The Morgan fingerprint density at radius 1 is 1.42 bits per heavy atom. The summed E-state index contributed by atoms with van der Waals surface area (Å²) in [5.74, 6) is 0. The summed E-state index contributed by atoms with van der Waals surface area (Å²) in [6.45, 7) is 0. The number of benzene rings is 1. The lowest BCUT2D eigenvalue weighted by molar-refractivity contribution is -0.108. The van der Waals surface area contributed by atoms with Crippen LogP contribution in [0.3, 0.4) is 0 Å². The molecule has 0 heterocycles. The van der Waals surface area contributed by atoms with Crippen LogP contribution in [-0.2, 0) is 4.79 Å². The summed E-state index contributed by atoms with van der Waals surface area (Å²) in [4.78, 5) is 10.1. The first-order valence-corrected chi connectivity index (χ1v) is 4.06. The van der Waals surface area contributed by atoms with E-state index >= 15 is 0 Å². The summed E-state index contributed by atoms with van der Waals surface area (Å²) >= 11 is 5.68. The van der Waals surface area contributed by atoms with Crippen molar-refractivity contribution < 1.29 is 4.79 Å². The van der Waals surface area contributed by atoms with E-state index in [1.54, 1.807) is 12.1 Å². The van der Waals surface area contributed by atoms with Gasteiger partial charge in [-0.3, -0.25) is 0 Å². The van der Waals surface area contributed by atoms with E-state index in [0.717, 1.165) is 11.8 Å². The molecule has 0 aromatic heterocycles. The molecule has 1 aromatic rings. The van der Waals surface area contributed by atoms with Crippen molar-refractivity contribution in [2.75, 3.05) is 0 Å². The van der Waals surface area contributed by atoms with Gasteiger partial charge in [0.2, 0.25) is 0 Å². The van der Waals surface area contributed by atoms with Crippen molar-refractivity contribution in [1.82, 2.24) is 0 Å². The third-order valence-corrected chi connectivity index (χ3v) is 1.90. The van der Waals surface area contributed by atoms with Crippen LogP contribution in [0.15, 0.2) is 24.3 Å².